The van der Waals surface area contributed by atoms with Gasteiger partial charge in [-0.25, -0.2) is 4.98 Å². The highest BCUT2D eigenvalue weighted by atomic mass is 32.1. The van der Waals surface area contributed by atoms with Crippen LogP contribution in [0, 0.1) is 5.92 Å². The fraction of sp³-hybridized carbons (Fsp3) is 0.280. The lowest BCUT2D eigenvalue weighted by Gasteiger charge is -2.14. The Hall–Kier alpha value is -3.12. The number of fused-ring (bicyclic) bond motifs is 1. The van der Waals surface area contributed by atoms with Gasteiger partial charge in [-0.3, -0.25) is 9.36 Å². The van der Waals surface area contributed by atoms with Crippen LogP contribution in [0.5, 0.6) is 11.5 Å². The number of benzene rings is 2. The van der Waals surface area contributed by atoms with E-state index in [1.807, 2.05) is 24.3 Å². The minimum absolute atomic E-state index is 0.0932. The summed E-state index contributed by atoms with van der Waals surface area (Å²) in [6.07, 6.45) is 2.58. The lowest BCUT2D eigenvalue weighted by molar-refractivity contribution is 0.257. The summed E-state index contributed by atoms with van der Waals surface area (Å²) in [5.41, 5.74) is 3.70. The normalized spacial score (nSPS) is 11.3. The topological polar surface area (TPSA) is 53.4 Å². The van der Waals surface area contributed by atoms with Gasteiger partial charge in [0.25, 0.3) is 5.56 Å². The molecule has 0 fully saturated rings. The first-order chi connectivity index (χ1) is 15.0. The van der Waals surface area contributed by atoms with Crippen LogP contribution in [0.1, 0.15) is 26.3 Å². The smallest absolute Gasteiger partial charge is 0.275 e. The first kappa shape index (κ1) is 21.1. The predicted octanol–water partition coefficient (Wildman–Crippen LogP) is 5.72. The van der Waals surface area contributed by atoms with Gasteiger partial charge in [-0.05, 0) is 41.7 Å². The maximum atomic E-state index is 13.2. The molecule has 0 spiro atoms. The third-order valence-corrected chi connectivity index (χ3v) is 6.24. The van der Waals surface area contributed by atoms with Crippen molar-refractivity contribution in [3.8, 4) is 27.6 Å². The van der Waals surface area contributed by atoms with E-state index in [2.05, 4.69) is 50.0 Å². The molecule has 5 nitrogen and oxygen atoms in total. The Bertz CT molecular complexity index is 1260. The monoisotopic (exact) mass is 434 g/mol. The third kappa shape index (κ3) is 4.35. The molecule has 0 aliphatic rings. The number of thiophene rings is 1. The molecule has 4 aromatic rings. The van der Waals surface area contributed by atoms with Crippen molar-refractivity contribution in [3.05, 3.63) is 70.8 Å². The summed E-state index contributed by atoms with van der Waals surface area (Å²) in [6.45, 7) is 6.92. The van der Waals surface area contributed by atoms with E-state index in [9.17, 15) is 4.79 Å². The second-order valence-corrected chi connectivity index (χ2v) is 8.89. The number of methoxy groups -OCH3 is 1. The molecule has 0 N–H and O–H groups in total. The van der Waals surface area contributed by atoms with Crippen LogP contribution in [0.3, 0.4) is 0 Å². The molecule has 0 saturated carbocycles. The number of hydrogen-bond acceptors (Lipinski definition) is 5. The van der Waals surface area contributed by atoms with Crippen LogP contribution in [0.4, 0.5) is 0 Å². The zero-order valence-corrected chi connectivity index (χ0v) is 19.0. The van der Waals surface area contributed by atoms with Crippen LogP contribution in [0.15, 0.2) is 59.7 Å². The van der Waals surface area contributed by atoms with Crippen molar-refractivity contribution >= 4 is 21.6 Å². The van der Waals surface area contributed by atoms with Crippen LogP contribution >= 0.6 is 11.3 Å². The summed E-state index contributed by atoms with van der Waals surface area (Å²) < 4.78 is 13.5. The molecule has 0 bridgehead atoms. The van der Waals surface area contributed by atoms with Gasteiger partial charge >= 0.3 is 0 Å². The standard InChI is InChI=1S/C25H26N2O3S/c1-5-17-6-8-18(9-7-17)23-13-20-24(31-23)25(28)27(15-26-20)19-10-11-21(22(12-19)29-4)30-14-16(2)3/h6-13,15-16H,5,14H2,1-4H3. The summed E-state index contributed by atoms with van der Waals surface area (Å²) in [5, 5.41) is 0. The molecule has 0 radical (unpaired) electrons. The zero-order chi connectivity index (χ0) is 22.0. The third-order valence-electron chi connectivity index (χ3n) is 5.08. The van der Waals surface area contributed by atoms with E-state index in [0.717, 1.165) is 16.9 Å². The maximum Gasteiger partial charge on any atom is 0.275 e. The predicted molar refractivity (Wildman–Crippen MR) is 127 cm³/mol. The minimum Gasteiger partial charge on any atom is -0.493 e. The number of rotatable bonds is 7. The van der Waals surface area contributed by atoms with Gasteiger partial charge in [-0.15, -0.1) is 11.3 Å². The Morgan fingerprint density at radius 3 is 2.52 bits per heavy atom. The van der Waals surface area contributed by atoms with Crippen molar-refractivity contribution in [2.75, 3.05) is 13.7 Å². The highest BCUT2D eigenvalue weighted by Gasteiger charge is 2.14. The molecule has 0 saturated heterocycles. The van der Waals surface area contributed by atoms with E-state index in [-0.39, 0.29) is 5.56 Å². The molecule has 4 rings (SSSR count). The van der Waals surface area contributed by atoms with Crippen molar-refractivity contribution in [2.45, 2.75) is 27.2 Å². The van der Waals surface area contributed by atoms with Gasteiger partial charge in [-0.1, -0.05) is 45.0 Å². The van der Waals surface area contributed by atoms with Gasteiger partial charge in [-0.2, -0.15) is 0 Å². The van der Waals surface area contributed by atoms with E-state index in [4.69, 9.17) is 9.47 Å². The Morgan fingerprint density at radius 1 is 1.06 bits per heavy atom. The van der Waals surface area contributed by atoms with Gasteiger partial charge in [0, 0.05) is 10.9 Å². The van der Waals surface area contributed by atoms with Gasteiger partial charge in [0.05, 0.1) is 24.9 Å². The second kappa shape index (κ2) is 8.94. The summed E-state index contributed by atoms with van der Waals surface area (Å²) in [6, 6.07) is 15.9. The zero-order valence-electron chi connectivity index (χ0n) is 18.2. The molecule has 6 heteroatoms. The van der Waals surface area contributed by atoms with Gasteiger partial charge in [0.15, 0.2) is 11.5 Å². The van der Waals surface area contributed by atoms with Crippen LogP contribution in [0.2, 0.25) is 0 Å². The Kier molecular flexibility index (Phi) is 6.09. The van der Waals surface area contributed by atoms with Crippen molar-refractivity contribution in [2.24, 2.45) is 5.92 Å². The van der Waals surface area contributed by atoms with Gasteiger partial charge in [0.2, 0.25) is 0 Å². The van der Waals surface area contributed by atoms with Crippen molar-refractivity contribution in [3.63, 3.8) is 0 Å². The molecule has 2 aromatic carbocycles. The fourth-order valence-corrected chi connectivity index (χ4v) is 4.37. The SMILES string of the molecule is CCc1ccc(-c2cc3ncn(-c4ccc(OCC(C)C)c(OC)c4)c(=O)c3s2)cc1. The molecule has 0 aliphatic carbocycles. The molecule has 2 aromatic heterocycles. The molecular weight excluding hydrogens is 408 g/mol. The van der Waals surface area contributed by atoms with Crippen molar-refractivity contribution in [1.29, 1.82) is 0 Å². The lowest BCUT2D eigenvalue weighted by Crippen LogP contribution is -2.17. The van der Waals surface area contributed by atoms with Gasteiger partial charge in [0.1, 0.15) is 11.0 Å². The molecule has 0 aliphatic heterocycles. The molecule has 31 heavy (non-hydrogen) atoms. The molecular formula is C25H26N2O3S. The van der Waals surface area contributed by atoms with Crippen molar-refractivity contribution in [1.82, 2.24) is 9.55 Å². The largest absolute Gasteiger partial charge is 0.493 e. The summed E-state index contributed by atoms with van der Waals surface area (Å²) >= 11 is 1.47. The Balaban J connectivity index is 1.71. The molecule has 2 heterocycles. The Morgan fingerprint density at radius 2 is 1.84 bits per heavy atom. The van der Waals surface area contributed by atoms with Crippen LogP contribution in [-0.2, 0) is 6.42 Å². The first-order valence-corrected chi connectivity index (χ1v) is 11.2. The number of ether oxygens (including phenoxy) is 2. The molecule has 0 unspecified atom stereocenters. The summed E-state index contributed by atoms with van der Waals surface area (Å²) in [7, 11) is 1.60. The quantitative estimate of drug-likeness (QED) is 0.373. The van der Waals surface area contributed by atoms with E-state index < -0.39 is 0 Å². The highest BCUT2D eigenvalue weighted by Crippen LogP contribution is 2.32. The van der Waals surface area contributed by atoms with E-state index >= 15 is 0 Å². The maximum absolute atomic E-state index is 13.2. The van der Waals surface area contributed by atoms with E-state index in [0.29, 0.717) is 39.9 Å². The average Bonchev–Trinajstić information content (AvgIpc) is 3.23. The number of hydrogen-bond donors (Lipinski definition) is 0. The van der Waals surface area contributed by atoms with E-state index in [1.165, 1.54) is 16.9 Å². The van der Waals surface area contributed by atoms with Crippen LogP contribution < -0.4 is 15.0 Å². The molecule has 0 amide bonds. The average molecular weight is 435 g/mol. The summed E-state index contributed by atoms with van der Waals surface area (Å²) in [4.78, 5) is 18.8. The fourth-order valence-electron chi connectivity index (χ4n) is 3.33. The van der Waals surface area contributed by atoms with Gasteiger partial charge < -0.3 is 9.47 Å². The number of aromatic nitrogens is 2. The molecule has 160 valence electrons. The van der Waals surface area contributed by atoms with Crippen LogP contribution in [-0.4, -0.2) is 23.3 Å². The van der Waals surface area contributed by atoms with Crippen molar-refractivity contribution < 1.29 is 9.47 Å². The molecule has 0 atom stereocenters. The van der Waals surface area contributed by atoms with E-state index in [1.54, 1.807) is 18.0 Å². The first-order valence-electron chi connectivity index (χ1n) is 10.4. The Labute approximate surface area is 185 Å². The highest BCUT2D eigenvalue weighted by molar-refractivity contribution is 7.22. The minimum atomic E-state index is -0.0932. The second-order valence-electron chi connectivity index (χ2n) is 7.84. The number of nitrogens with zero attached hydrogens (tertiary/aromatic N) is 2. The number of aryl methyl sites for hydroxylation is 1. The van der Waals surface area contributed by atoms with Crippen LogP contribution in [0.25, 0.3) is 26.3 Å². The summed E-state index contributed by atoms with van der Waals surface area (Å²) in [5.74, 6) is 1.66. The lowest BCUT2D eigenvalue weighted by atomic mass is 10.1.